The molecule has 1 amide bonds. The van der Waals surface area contributed by atoms with E-state index in [0.717, 1.165) is 18.4 Å². The first-order valence-corrected chi connectivity index (χ1v) is 15.1. The van der Waals surface area contributed by atoms with E-state index in [4.69, 9.17) is 4.74 Å². The number of morpholine rings is 1. The van der Waals surface area contributed by atoms with Crippen LogP contribution < -0.4 is 5.32 Å². The maximum atomic E-state index is 12.9. The number of nitrogens with one attached hydrogen (secondary N) is 1. The number of carbonyl (C=O) groups is 1. The van der Waals surface area contributed by atoms with Gasteiger partial charge < -0.3 is 10.1 Å². The first-order chi connectivity index (χ1) is 17.2. The minimum atomic E-state index is -3.55. The molecule has 4 rings (SSSR count). The van der Waals surface area contributed by atoms with Gasteiger partial charge in [0, 0.05) is 38.3 Å². The SMILES string of the molecule is C[C@H]1CCCN(S(=O)(=O)c2ccc(NC(=O)CCc3ccc(S(=O)(=O)N4CCOCC4)cc3)cc2)C1. The van der Waals surface area contributed by atoms with E-state index in [1.807, 2.05) is 0 Å². The van der Waals surface area contributed by atoms with Crippen LogP contribution >= 0.6 is 0 Å². The summed E-state index contributed by atoms with van der Waals surface area (Å²) in [6.07, 6.45) is 2.56. The van der Waals surface area contributed by atoms with Crippen LogP contribution in [0.5, 0.6) is 0 Å². The number of piperidine rings is 1. The molecule has 0 aromatic heterocycles. The average molecular weight is 536 g/mol. The number of hydrogen-bond donors (Lipinski definition) is 1. The van der Waals surface area contributed by atoms with E-state index in [2.05, 4.69) is 12.2 Å². The number of anilines is 1. The zero-order valence-electron chi connectivity index (χ0n) is 20.4. The Balaban J connectivity index is 1.30. The number of sulfonamides is 2. The molecular formula is C25H33N3O6S2. The van der Waals surface area contributed by atoms with Gasteiger partial charge in [0.1, 0.15) is 0 Å². The van der Waals surface area contributed by atoms with Crippen molar-refractivity contribution in [2.75, 3.05) is 44.7 Å². The maximum absolute atomic E-state index is 12.9. The van der Waals surface area contributed by atoms with E-state index in [1.165, 1.54) is 20.7 Å². The molecule has 36 heavy (non-hydrogen) atoms. The third kappa shape index (κ3) is 6.33. The van der Waals surface area contributed by atoms with Crippen LogP contribution in [0.25, 0.3) is 0 Å². The van der Waals surface area contributed by atoms with Gasteiger partial charge in [-0.15, -0.1) is 0 Å². The Labute approximate surface area is 213 Å². The van der Waals surface area contributed by atoms with Crippen molar-refractivity contribution in [3.05, 3.63) is 54.1 Å². The standard InChI is InChI=1S/C25H33N3O6S2/c1-20-3-2-14-28(19-20)36(32,33)24-11-7-22(8-12-24)26-25(29)13-6-21-4-9-23(10-5-21)35(30,31)27-15-17-34-18-16-27/h4-5,7-12,20H,2-3,6,13-19H2,1H3,(H,26,29)/t20-/m0/s1. The monoisotopic (exact) mass is 535 g/mol. The van der Waals surface area contributed by atoms with Gasteiger partial charge in [0.05, 0.1) is 23.0 Å². The summed E-state index contributed by atoms with van der Waals surface area (Å²) in [7, 11) is -7.09. The van der Waals surface area contributed by atoms with Crippen LogP contribution in [0.1, 0.15) is 31.7 Å². The summed E-state index contributed by atoms with van der Waals surface area (Å²) in [5.41, 5.74) is 1.38. The largest absolute Gasteiger partial charge is 0.379 e. The Morgan fingerprint density at radius 1 is 0.889 bits per heavy atom. The number of benzene rings is 2. The summed E-state index contributed by atoms with van der Waals surface area (Å²) in [5.74, 6) is 0.137. The molecule has 0 radical (unpaired) electrons. The second-order valence-electron chi connectivity index (χ2n) is 9.34. The second kappa shape index (κ2) is 11.4. The van der Waals surface area contributed by atoms with Gasteiger partial charge >= 0.3 is 0 Å². The van der Waals surface area contributed by atoms with Gasteiger partial charge in [-0.05, 0) is 67.1 Å². The fourth-order valence-corrected chi connectivity index (χ4v) is 7.48. The first-order valence-electron chi connectivity index (χ1n) is 12.2. The lowest BCUT2D eigenvalue weighted by atomic mass is 10.0. The van der Waals surface area contributed by atoms with Crippen molar-refractivity contribution in [3.8, 4) is 0 Å². The van der Waals surface area contributed by atoms with E-state index in [0.29, 0.717) is 57.4 Å². The molecule has 0 saturated carbocycles. The van der Waals surface area contributed by atoms with E-state index in [9.17, 15) is 21.6 Å². The highest BCUT2D eigenvalue weighted by molar-refractivity contribution is 7.89. The lowest BCUT2D eigenvalue weighted by molar-refractivity contribution is -0.116. The summed E-state index contributed by atoms with van der Waals surface area (Å²) < 4.78 is 59.4. The van der Waals surface area contributed by atoms with Gasteiger partial charge in [-0.1, -0.05) is 19.1 Å². The van der Waals surface area contributed by atoms with Gasteiger partial charge in [-0.3, -0.25) is 4.79 Å². The first kappa shape index (κ1) is 26.7. The highest BCUT2D eigenvalue weighted by Gasteiger charge is 2.29. The fourth-order valence-electron chi connectivity index (χ4n) is 4.47. The highest BCUT2D eigenvalue weighted by atomic mass is 32.2. The van der Waals surface area contributed by atoms with Crippen LogP contribution in [0.4, 0.5) is 5.69 Å². The van der Waals surface area contributed by atoms with Crippen molar-refractivity contribution < 1.29 is 26.4 Å². The second-order valence-corrected chi connectivity index (χ2v) is 13.2. The summed E-state index contributed by atoms with van der Waals surface area (Å²) >= 11 is 0. The molecule has 2 aromatic carbocycles. The lowest BCUT2D eigenvalue weighted by Crippen LogP contribution is -2.40. The van der Waals surface area contributed by atoms with Crippen LogP contribution in [0, 0.1) is 5.92 Å². The molecule has 9 nitrogen and oxygen atoms in total. The van der Waals surface area contributed by atoms with E-state index in [-0.39, 0.29) is 22.1 Å². The molecule has 196 valence electrons. The molecule has 2 aliphatic rings. The third-order valence-electron chi connectivity index (χ3n) is 6.57. The average Bonchev–Trinajstić information content (AvgIpc) is 2.88. The smallest absolute Gasteiger partial charge is 0.243 e. The Morgan fingerprint density at radius 2 is 1.47 bits per heavy atom. The van der Waals surface area contributed by atoms with E-state index < -0.39 is 20.0 Å². The Bertz CT molecular complexity index is 1260. The minimum Gasteiger partial charge on any atom is -0.379 e. The van der Waals surface area contributed by atoms with Crippen molar-refractivity contribution in [1.29, 1.82) is 0 Å². The predicted molar refractivity (Wildman–Crippen MR) is 137 cm³/mol. The molecule has 2 saturated heterocycles. The van der Waals surface area contributed by atoms with Gasteiger partial charge in [0.2, 0.25) is 26.0 Å². The number of hydrogen-bond acceptors (Lipinski definition) is 6. The number of aryl methyl sites for hydroxylation is 1. The number of ether oxygens (including phenoxy) is 1. The molecule has 0 unspecified atom stereocenters. The molecule has 2 heterocycles. The zero-order chi connectivity index (χ0) is 25.8. The van der Waals surface area contributed by atoms with Crippen LogP contribution in [-0.2, 0) is 36.0 Å². The molecule has 0 bridgehead atoms. The Kier molecular flexibility index (Phi) is 8.46. The summed E-state index contributed by atoms with van der Waals surface area (Å²) in [6.45, 7) is 4.59. The molecule has 0 spiro atoms. The quantitative estimate of drug-likeness (QED) is 0.556. The van der Waals surface area contributed by atoms with Crippen LogP contribution in [0.3, 0.4) is 0 Å². The summed E-state index contributed by atoms with van der Waals surface area (Å²) in [6, 6.07) is 12.8. The fraction of sp³-hybridized carbons (Fsp3) is 0.480. The van der Waals surface area contributed by atoms with Crippen molar-refractivity contribution >= 4 is 31.6 Å². The Morgan fingerprint density at radius 3 is 2.08 bits per heavy atom. The topological polar surface area (TPSA) is 113 Å². The number of rotatable bonds is 8. The summed E-state index contributed by atoms with van der Waals surface area (Å²) in [5, 5.41) is 2.79. The molecule has 0 aliphatic carbocycles. The third-order valence-corrected chi connectivity index (χ3v) is 10.4. The van der Waals surface area contributed by atoms with Crippen molar-refractivity contribution in [1.82, 2.24) is 8.61 Å². The molecule has 2 aliphatic heterocycles. The highest BCUT2D eigenvalue weighted by Crippen LogP contribution is 2.24. The molecule has 2 aromatic rings. The van der Waals surface area contributed by atoms with Crippen LogP contribution in [0.2, 0.25) is 0 Å². The molecule has 11 heteroatoms. The number of amides is 1. The zero-order valence-corrected chi connectivity index (χ0v) is 22.1. The van der Waals surface area contributed by atoms with Crippen molar-refractivity contribution in [2.45, 2.75) is 42.4 Å². The van der Waals surface area contributed by atoms with Gasteiger partial charge in [0.25, 0.3) is 0 Å². The Hall–Kier alpha value is -2.31. The molecular weight excluding hydrogens is 502 g/mol. The number of nitrogens with zero attached hydrogens (tertiary/aromatic N) is 2. The van der Waals surface area contributed by atoms with Crippen molar-refractivity contribution in [3.63, 3.8) is 0 Å². The number of carbonyl (C=O) groups excluding carboxylic acids is 1. The normalized spacial score (nSPS) is 20.2. The lowest BCUT2D eigenvalue weighted by Gasteiger charge is -2.30. The van der Waals surface area contributed by atoms with Crippen molar-refractivity contribution in [2.24, 2.45) is 5.92 Å². The molecule has 1 atom stereocenters. The molecule has 2 fully saturated rings. The van der Waals surface area contributed by atoms with E-state index in [1.54, 1.807) is 36.4 Å². The van der Waals surface area contributed by atoms with Crippen LogP contribution in [0.15, 0.2) is 58.3 Å². The summed E-state index contributed by atoms with van der Waals surface area (Å²) in [4.78, 5) is 12.9. The van der Waals surface area contributed by atoms with Gasteiger partial charge in [0.15, 0.2) is 0 Å². The van der Waals surface area contributed by atoms with E-state index >= 15 is 0 Å². The van der Waals surface area contributed by atoms with Gasteiger partial charge in [-0.2, -0.15) is 8.61 Å². The van der Waals surface area contributed by atoms with Crippen LogP contribution in [-0.4, -0.2) is 70.7 Å². The van der Waals surface area contributed by atoms with Gasteiger partial charge in [-0.25, -0.2) is 16.8 Å². The minimum absolute atomic E-state index is 0.208. The molecule has 1 N–H and O–H groups in total. The maximum Gasteiger partial charge on any atom is 0.243 e. The predicted octanol–water partition coefficient (Wildman–Crippen LogP) is 2.70.